The molecule has 0 saturated carbocycles. The van der Waals surface area contributed by atoms with Gasteiger partial charge in [-0.05, 0) is 51.3 Å². The molecule has 1 aliphatic heterocycles. The summed E-state index contributed by atoms with van der Waals surface area (Å²) in [5.74, 6) is -0.303. The number of hydrogen-bond acceptors (Lipinski definition) is 5. The molecule has 1 fully saturated rings. The molecule has 7 nitrogen and oxygen atoms in total. The molecule has 0 unspecified atom stereocenters. The zero-order valence-electron chi connectivity index (χ0n) is 14.4. The Morgan fingerprint density at radius 2 is 1.83 bits per heavy atom. The van der Waals surface area contributed by atoms with Crippen LogP contribution in [0.3, 0.4) is 0 Å². The SMILES string of the molecule is CC(C)(C)OC(=O)N[C@@H](C(=O)N1CCCC1)[C@@H](O)c1ccncc1. The maximum atomic E-state index is 12.7. The number of pyridine rings is 1. The van der Waals surface area contributed by atoms with Crippen molar-refractivity contribution in [2.24, 2.45) is 0 Å². The van der Waals surface area contributed by atoms with Crippen molar-refractivity contribution in [3.05, 3.63) is 30.1 Å². The fraction of sp³-hybridized carbons (Fsp3) is 0.588. The molecule has 24 heavy (non-hydrogen) atoms. The number of rotatable bonds is 4. The minimum absolute atomic E-state index is 0.303. The Morgan fingerprint density at radius 3 is 2.38 bits per heavy atom. The van der Waals surface area contributed by atoms with Crippen LogP contribution in [-0.2, 0) is 9.53 Å². The van der Waals surface area contributed by atoms with Crippen LogP contribution >= 0.6 is 0 Å². The second kappa shape index (κ2) is 7.61. The Balaban J connectivity index is 2.17. The molecule has 0 bridgehead atoms. The lowest BCUT2D eigenvalue weighted by Gasteiger charge is -2.29. The molecule has 2 rings (SSSR count). The minimum Gasteiger partial charge on any atom is -0.444 e. The highest BCUT2D eigenvalue weighted by molar-refractivity contribution is 5.86. The van der Waals surface area contributed by atoms with E-state index in [2.05, 4.69) is 10.3 Å². The van der Waals surface area contributed by atoms with Crippen LogP contribution in [0.2, 0.25) is 0 Å². The zero-order chi connectivity index (χ0) is 17.7. The van der Waals surface area contributed by atoms with Crippen molar-refractivity contribution in [1.82, 2.24) is 15.2 Å². The van der Waals surface area contributed by atoms with Crippen molar-refractivity contribution in [3.8, 4) is 0 Å². The third-order valence-electron chi connectivity index (χ3n) is 3.72. The Morgan fingerprint density at radius 1 is 1.25 bits per heavy atom. The molecular formula is C17H25N3O4. The van der Waals surface area contributed by atoms with E-state index in [4.69, 9.17) is 4.74 Å². The van der Waals surface area contributed by atoms with Gasteiger partial charge in [0.2, 0.25) is 5.91 Å². The van der Waals surface area contributed by atoms with E-state index < -0.39 is 23.8 Å². The summed E-state index contributed by atoms with van der Waals surface area (Å²) in [4.78, 5) is 30.4. The molecule has 7 heteroatoms. The number of carbonyl (C=O) groups is 2. The Hall–Kier alpha value is -2.15. The molecule has 0 aliphatic carbocycles. The molecule has 1 aromatic heterocycles. The van der Waals surface area contributed by atoms with Crippen LogP contribution in [0.4, 0.5) is 4.79 Å². The van der Waals surface area contributed by atoms with Gasteiger partial charge in [-0.2, -0.15) is 0 Å². The summed E-state index contributed by atoms with van der Waals surface area (Å²) >= 11 is 0. The second-order valence-electron chi connectivity index (χ2n) is 6.88. The lowest BCUT2D eigenvalue weighted by atomic mass is 10.0. The van der Waals surface area contributed by atoms with Gasteiger partial charge in [0, 0.05) is 25.5 Å². The summed E-state index contributed by atoms with van der Waals surface area (Å²) in [6, 6.07) is 2.14. The quantitative estimate of drug-likeness (QED) is 0.872. The molecule has 0 aromatic carbocycles. The summed E-state index contributed by atoms with van der Waals surface area (Å²) < 4.78 is 5.22. The highest BCUT2D eigenvalue weighted by atomic mass is 16.6. The van der Waals surface area contributed by atoms with Crippen molar-refractivity contribution in [1.29, 1.82) is 0 Å². The first-order valence-electron chi connectivity index (χ1n) is 8.14. The topological polar surface area (TPSA) is 91.8 Å². The highest BCUT2D eigenvalue weighted by Crippen LogP contribution is 2.20. The van der Waals surface area contributed by atoms with Crippen molar-refractivity contribution in [2.75, 3.05) is 13.1 Å². The molecule has 0 spiro atoms. The number of carbonyl (C=O) groups excluding carboxylic acids is 2. The van der Waals surface area contributed by atoms with E-state index >= 15 is 0 Å². The fourth-order valence-corrected chi connectivity index (χ4v) is 2.60. The smallest absolute Gasteiger partial charge is 0.408 e. The molecule has 132 valence electrons. The van der Waals surface area contributed by atoms with Gasteiger partial charge in [-0.25, -0.2) is 4.79 Å². The first-order valence-corrected chi connectivity index (χ1v) is 8.14. The normalized spacial score (nSPS) is 17.2. The molecule has 1 saturated heterocycles. The number of ether oxygens (including phenoxy) is 1. The van der Waals surface area contributed by atoms with Gasteiger partial charge in [0.05, 0.1) is 0 Å². The predicted octanol–water partition coefficient (Wildman–Crippen LogP) is 1.63. The third-order valence-corrected chi connectivity index (χ3v) is 3.72. The average Bonchev–Trinajstić information content (AvgIpc) is 3.05. The number of hydrogen-bond donors (Lipinski definition) is 2. The molecule has 1 aromatic rings. The monoisotopic (exact) mass is 335 g/mol. The van der Waals surface area contributed by atoms with Crippen LogP contribution in [0.1, 0.15) is 45.3 Å². The predicted molar refractivity (Wildman–Crippen MR) is 88.2 cm³/mol. The molecule has 2 atom stereocenters. The minimum atomic E-state index is -1.17. The largest absolute Gasteiger partial charge is 0.444 e. The number of alkyl carbamates (subject to hydrolysis) is 1. The van der Waals surface area contributed by atoms with Gasteiger partial charge in [-0.3, -0.25) is 9.78 Å². The van der Waals surface area contributed by atoms with Gasteiger partial charge in [0.15, 0.2) is 0 Å². The number of nitrogens with one attached hydrogen (secondary N) is 1. The number of aliphatic hydroxyl groups is 1. The summed E-state index contributed by atoms with van der Waals surface area (Å²) in [6.07, 6.45) is 3.01. The van der Waals surface area contributed by atoms with E-state index in [1.807, 2.05) is 0 Å². The van der Waals surface area contributed by atoms with Gasteiger partial charge >= 0.3 is 6.09 Å². The highest BCUT2D eigenvalue weighted by Gasteiger charge is 2.35. The third kappa shape index (κ3) is 4.92. The summed E-state index contributed by atoms with van der Waals surface area (Å²) in [6.45, 7) is 6.48. The number of aliphatic hydroxyl groups excluding tert-OH is 1. The molecule has 0 radical (unpaired) electrons. The van der Waals surface area contributed by atoms with E-state index in [1.54, 1.807) is 37.8 Å². The second-order valence-corrected chi connectivity index (χ2v) is 6.88. The van der Waals surface area contributed by atoms with Crippen LogP contribution < -0.4 is 5.32 Å². The molecule has 2 heterocycles. The lowest BCUT2D eigenvalue weighted by molar-refractivity contribution is -0.135. The van der Waals surface area contributed by atoms with Crippen molar-refractivity contribution in [2.45, 2.75) is 51.4 Å². The van der Waals surface area contributed by atoms with Crippen LogP contribution in [-0.4, -0.2) is 51.7 Å². The molecule has 2 amide bonds. The van der Waals surface area contributed by atoms with Crippen LogP contribution in [0.5, 0.6) is 0 Å². The first-order chi connectivity index (χ1) is 11.3. The average molecular weight is 335 g/mol. The number of aromatic nitrogens is 1. The van der Waals surface area contributed by atoms with E-state index in [1.165, 1.54) is 12.4 Å². The summed E-state index contributed by atoms with van der Waals surface area (Å²) in [7, 11) is 0. The number of likely N-dealkylation sites (tertiary alicyclic amines) is 1. The van der Waals surface area contributed by atoms with Crippen molar-refractivity contribution >= 4 is 12.0 Å². The maximum absolute atomic E-state index is 12.7. The van der Waals surface area contributed by atoms with Crippen LogP contribution in [0.15, 0.2) is 24.5 Å². The Bertz CT molecular complexity index is 565. The van der Waals surface area contributed by atoms with E-state index in [0.29, 0.717) is 18.7 Å². The standard InChI is InChI=1S/C17H25N3O4/c1-17(2,3)24-16(23)19-13(15(22)20-10-4-5-11-20)14(21)12-6-8-18-9-7-12/h6-9,13-14,21H,4-5,10-11H2,1-3H3,(H,19,23)/t13-,14+/m1/s1. The first kappa shape index (κ1) is 18.2. The van der Waals surface area contributed by atoms with E-state index in [9.17, 15) is 14.7 Å². The van der Waals surface area contributed by atoms with Crippen LogP contribution in [0.25, 0.3) is 0 Å². The Labute approximate surface area is 142 Å². The summed E-state index contributed by atoms with van der Waals surface area (Å²) in [5.41, 5.74) is -0.175. The molecular weight excluding hydrogens is 310 g/mol. The zero-order valence-corrected chi connectivity index (χ0v) is 14.4. The van der Waals surface area contributed by atoms with Crippen LogP contribution in [0, 0.1) is 0 Å². The number of nitrogens with zero attached hydrogens (tertiary/aromatic N) is 2. The van der Waals surface area contributed by atoms with E-state index in [-0.39, 0.29) is 5.91 Å². The lowest BCUT2D eigenvalue weighted by Crippen LogP contribution is -2.52. The number of amides is 2. The van der Waals surface area contributed by atoms with Gasteiger partial charge in [0.1, 0.15) is 17.7 Å². The van der Waals surface area contributed by atoms with E-state index in [0.717, 1.165) is 12.8 Å². The fourth-order valence-electron chi connectivity index (χ4n) is 2.60. The Kier molecular flexibility index (Phi) is 5.77. The van der Waals surface area contributed by atoms with Crippen molar-refractivity contribution < 1.29 is 19.4 Å². The van der Waals surface area contributed by atoms with Crippen molar-refractivity contribution in [3.63, 3.8) is 0 Å². The maximum Gasteiger partial charge on any atom is 0.408 e. The summed E-state index contributed by atoms with van der Waals surface area (Å²) in [5, 5.41) is 13.1. The molecule has 2 N–H and O–H groups in total. The van der Waals surface area contributed by atoms with Gasteiger partial charge in [0.25, 0.3) is 0 Å². The van der Waals surface area contributed by atoms with Gasteiger partial charge in [-0.1, -0.05) is 0 Å². The molecule has 1 aliphatic rings. The van der Waals surface area contributed by atoms with Gasteiger partial charge < -0.3 is 20.1 Å². The van der Waals surface area contributed by atoms with Gasteiger partial charge in [-0.15, -0.1) is 0 Å².